The van der Waals surface area contributed by atoms with E-state index in [1.165, 1.54) is 18.9 Å². The van der Waals surface area contributed by atoms with Gasteiger partial charge in [0.15, 0.2) is 40.1 Å². The number of hydrogen-bond donors (Lipinski definition) is 0. The van der Waals surface area contributed by atoms with Gasteiger partial charge in [0.25, 0.3) is 10.5 Å². The molecule has 3 aliphatic rings. The largest absolute Gasteiger partial charge is 0.762 e. The van der Waals surface area contributed by atoms with Crippen LogP contribution in [0.3, 0.4) is 0 Å². The normalized spacial score (nSPS) is 21.4. The summed E-state index contributed by atoms with van der Waals surface area (Å²) in [4.78, 5) is -1.99. The Balaban J connectivity index is -0.000000290. The third-order valence-electron chi connectivity index (χ3n) is 6.12. The Hall–Kier alpha value is -3.67. The van der Waals surface area contributed by atoms with E-state index in [1.54, 1.807) is 0 Å². The highest BCUT2D eigenvalue weighted by molar-refractivity contribution is 8.29. The quantitative estimate of drug-likeness (QED) is 0.0686. The molecule has 1 spiro atoms. The fourth-order valence-electron chi connectivity index (χ4n) is 3.81. The fraction of sp³-hybridized carbons (Fsp3) is 0.652. The first kappa shape index (κ1) is 86.1. The van der Waals surface area contributed by atoms with Crippen molar-refractivity contribution in [1.29, 1.82) is 10.5 Å². The maximum atomic E-state index is 13.0. The molecule has 0 radical (unpaired) electrons. The third kappa shape index (κ3) is 31.2. The third-order valence-corrected chi connectivity index (χ3v) is 28.4. The van der Waals surface area contributed by atoms with Crippen molar-refractivity contribution in [3.8, 4) is 12.1 Å². The monoisotopic (exact) mass is 1450 g/mol. The number of sulfonamides is 8. The number of halogens is 10. The number of alkyl halides is 7. The van der Waals surface area contributed by atoms with Crippen molar-refractivity contribution < 1.29 is 157 Å². The molecular weight excluding hydrogens is 1430 g/mol. The van der Waals surface area contributed by atoms with Gasteiger partial charge in [-0.1, -0.05) is 0 Å². The topological polar surface area (TPSA) is 615 Å². The van der Waals surface area contributed by atoms with Gasteiger partial charge in [-0.15, -0.1) is 3.89 Å². The lowest BCUT2D eigenvalue weighted by Crippen LogP contribution is -2.52. The van der Waals surface area contributed by atoms with Gasteiger partial charge in [0.05, 0.1) is 76.9 Å². The van der Waals surface area contributed by atoms with Crippen LogP contribution >= 0.6 is 0 Å². The lowest BCUT2D eigenvalue weighted by molar-refractivity contribution is 0.177. The molecule has 58 heteroatoms. The van der Waals surface area contributed by atoms with Gasteiger partial charge in [-0.3, -0.25) is 48.3 Å². The van der Waals surface area contributed by atoms with Gasteiger partial charge in [-0.2, -0.15) is 32.5 Å². The van der Waals surface area contributed by atoms with E-state index in [9.17, 15) is 144 Å². The standard InChI is InChI=1S/C5H8N2O8S4.C4H2FN2.C4H8FO4S2.C3FN2.C3H6FO4S2.C2F4N2O8S4.C2H5F.FHO3S/c8-16(9)1-5(2-17(10,11)6-16)3-18(12,13)7-19(14,15)4-5;5-1-4(2-6)3-7;1-10(6,7)4(3-5)11(2,8)9;4-3(1-5)2-6;1-9(5,6)3(4)10(2,7)8;3-1(4)17(9,10)7-19(13,14)2(5,6)20(15,16)8-18(1,11)12;1-2-3;1-5(2,3)4/h1-4H2;1H2;3H2,1-2H3;;1-2H3;;2H2,1H3;(H,2,3,4)/q-2;4*-1;-2;;/p-1. The highest BCUT2D eigenvalue weighted by Crippen LogP contribution is 2.48. The molecule has 3 heterocycles. The molecule has 3 fully saturated rings. The summed E-state index contributed by atoms with van der Waals surface area (Å²) < 4.78 is 398. The van der Waals surface area contributed by atoms with Gasteiger partial charge in [0.2, 0.25) is 5.83 Å². The summed E-state index contributed by atoms with van der Waals surface area (Å²) in [5.74, 6) is -2.72. The predicted molar refractivity (Wildman–Crippen MR) is 254 cm³/mol. The number of nitrogens with zero attached hydrogens (tertiary/aromatic N) is 8. The van der Waals surface area contributed by atoms with E-state index in [1.807, 2.05) is 0 Å². The first-order valence-corrected chi connectivity index (χ1v) is 38.3. The lowest BCUT2D eigenvalue weighted by atomic mass is 9.99. The molecule has 0 aromatic carbocycles. The van der Waals surface area contributed by atoms with Crippen LogP contribution in [0.1, 0.15) is 6.92 Å². The Morgan fingerprint density at radius 3 is 0.864 bits per heavy atom. The van der Waals surface area contributed by atoms with Crippen molar-refractivity contribution >= 4 is 142 Å². The van der Waals surface area contributed by atoms with Crippen molar-refractivity contribution in [2.24, 2.45) is 5.41 Å². The maximum Gasteiger partial charge on any atom is 0.413 e. The molecule has 0 bridgehead atoms. The van der Waals surface area contributed by atoms with Crippen LogP contribution in [-0.2, 0) is 130 Å². The van der Waals surface area contributed by atoms with Crippen LogP contribution in [0.15, 0.2) is 11.4 Å². The highest BCUT2D eigenvalue weighted by atomic mass is 32.3. The zero-order valence-electron chi connectivity index (χ0n) is 39.1. The summed E-state index contributed by atoms with van der Waals surface area (Å²) in [6.07, 6.45) is 2.29. The molecule has 81 heavy (non-hydrogen) atoms. The predicted octanol–water partition coefficient (Wildman–Crippen LogP) is -2.10. The van der Waals surface area contributed by atoms with E-state index < -0.39 is 196 Å². The molecule has 3 rings (SSSR count). The first-order chi connectivity index (χ1) is 35.1. The Morgan fingerprint density at radius 2 is 0.778 bits per heavy atom. The lowest BCUT2D eigenvalue weighted by Gasteiger charge is -2.46. The zero-order valence-corrected chi connectivity index (χ0v) is 49.8. The molecular formula is C23H29F10N8O27S13-9. The molecule has 3 saturated heterocycles. The van der Waals surface area contributed by atoms with E-state index in [4.69, 9.17) is 34.3 Å². The Morgan fingerprint density at radius 1 is 0.543 bits per heavy atom. The second kappa shape index (κ2) is 30.4. The minimum Gasteiger partial charge on any atom is -0.762 e. The van der Waals surface area contributed by atoms with Crippen LogP contribution < -0.4 is 0 Å². The second-order valence-corrected chi connectivity index (χ2v) is 37.1. The van der Waals surface area contributed by atoms with Crippen molar-refractivity contribution in [3.05, 3.63) is 48.1 Å². The molecule has 35 nitrogen and oxygen atoms in total. The van der Waals surface area contributed by atoms with E-state index >= 15 is 0 Å². The van der Waals surface area contributed by atoms with E-state index in [0.717, 1.165) is 20.2 Å². The fourth-order valence-corrected chi connectivity index (χ4v) is 24.0. The van der Waals surface area contributed by atoms with Crippen LogP contribution in [0, 0.1) is 37.5 Å². The first-order valence-electron chi connectivity index (χ1n) is 17.2. The van der Waals surface area contributed by atoms with Gasteiger partial charge >= 0.3 is 9.17 Å². The maximum absolute atomic E-state index is 13.0. The smallest absolute Gasteiger partial charge is 0.413 e. The molecule has 0 atom stereocenters. The van der Waals surface area contributed by atoms with Crippen molar-refractivity contribution in [2.75, 3.05) is 68.1 Å². The van der Waals surface area contributed by atoms with Gasteiger partial charge < -0.3 is 36.3 Å². The molecule has 3 aliphatic heterocycles. The van der Waals surface area contributed by atoms with Gasteiger partial charge in [0.1, 0.15) is 18.8 Å². The minimum atomic E-state index is -6.88. The number of allylic oxidation sites excluding steroid dienone is 2. The molecule has 0 aromatic rings. The van der Waals surface area contributed by atoms with Crippen molar-refractivity contribution in [2.45, 2.75) is 16.1 Å². The summed E-state index contributed by atoms with van der Waals surface area (Å²) in [6, 6.07) is 2.39. The van der Waals surface area contributed by atoms with Crippen LogP contribution in [0.5, 0.6) is 0 Å². The number of nitriles is 2. The minimum absolute atomic E-state index is 0.250. The molecule has 0 unspecified atom stereocenters. The highest BCUT2D eigenvalue weighted by Gasteiger charge is 2.59. The summed E-state index contributed by atoms with van der Waals surface area (Å²) in [5.41, 5.74) is -2.32. The van der Waals surface area contributed by atoms with E-state index in [0.29, 0.717) is 25.0 Å². The molecule has 0 saturated carbocycles. The summed E-state index contributed by atoms with van der Waals surface area (Å²) >= 11 is 0. The van der Waals surface area contributed by atoms with Crippen LogP contribution in [0.2, 0.25) is 0 Å². The summed E-state index contributed by atoms with van der Waals surface area (Å²) in [7, 11) is -66.9. The molecule has 480 valence electrons. The van der Waals surface area contributed by atoms with Gasteiger partial charge in [-0.05, 0) is 18.2 Å². The summed E-state index contributed by atoms with van der Waals surface area (Å²) in [6.45, 7) is -1.22. The van der Waals surface area contributed by atoms with Crippen molar-refractivity contribution in [3.63, 3.8) is 0 Å². The zero-order chi connectivity index (χ0) is 66.9. The second-order valence-electron chi connectivity index (χ2n) is 13.4. The summed E-state index contributed by atoms with van der Waals surface area (Å²) in [5, 5.41) is 30.5. The molecule has 0 amide bonds. The molecule has 0 aliphatic carbocycles. The van der Waals surface area contributed by atoms with Crippen LogP contribution in [0.4, 0.5) is 43.4 Å². The van der Waals surface area contributed by atoms with Crippen LogP contribution in [0.25, 0.3) is 27.3 Å². The van der Waals surface area contributed by atoms with Gasteiger partial charge in [0, 0.05) is 73.1 Å². The number of sulfone groups is 4. The Labute approximate surface area is 456 Å². The Kier molecular flexibility index (Phi) is 32.3. The number of hydrogen-bond acceptors (Lipinski definition) is 29. The van der Waals surface area contributed by atoms with Gasteiger partial charge in [-0.25, -0.2) is 86.0 Å². The van der Waals surface area contributed by atoms with Crippen LogP contribution in [-0.4, -0.2) is 203 Å². The Bertz CT molecular complexity index is 3670. The SMILES string of the molecule is CCF.CS(=O)(=O)[C-](CF)S(C)(=O)=O.CS(=O)(=O)[C-](F)S(C)(=O)=O.N#CC(=C=[N-])CF.N#CC(F)=C=[N-].O=S(=O)([O-])F.O=S1(=O)CC2(CS(=O)(=O)[N-]1)CS(=O)(=O)[N-]S(=O)(=O)C2.O=S1(=O)[N-]S(=O)(=O)C(F)(F)S(=O)(=O)[N-]S(=O)(=O)C1(F)F. The average Bonchev–Trinajstić information content (AvgIpc) is 3.16. The number of rotatable bonds is 6. The van der Waals surface area contributed by atoms with Crippen molar-refractivity contribution in [1.82, 2.24) is 0 Å². The molecule has 0 N–H and O–H groups in total. The van der Waals surface area contributed by atoms with E-state index in [-0.39, 0.29) is 12.2 Å². The molecule has 0 aromatic heterocycles. The van der Waals surface area contributed by atoms with E-state index in [2.05, 4.69) is 8.25 Å². The average molecular weight is 1460 g/mol.